The number of carbonyl (C=O) groups is 2. The second-order valence-corrected chi connectivity index (χ2v) is 10.2. The van der Waals surface area contributed by atoms with E-state index in [1.165, 1.54) is 17.9 Å². The number of aryl methyl sites for hydroxylation is 1. The fourth-order valence-corrected chi connectivity index (χ4v) is 5.71. The van der Waals surface area contributed by atoms with Crippen molar-refractivity contribution in [1.29, 1.82) is 0 Å². The zero-order valence-electron chi connectivity index (χ0n) is 18.8. The summed E-state index contributed by atoms with van der Waals surface area (Å²) < 4.78 is 30.6. The number of ether oxygens (including phenoxy) is 1. The summed E-state index contributed by atoms with van der Waals surface area (Å²) in [5.41, 5.74) is 3.36. The highest BCUT2D eigenvalue weighted by Gasteiger charge is 2.36. The second kappa shape index (κ2) is 9.68. The van der Waals surface area contributed by atoms with Crippen molar-refractivity contribution in [3.8, 4) is 5.69 Å². The number of benzene rings is 1. The van der Waals surface area contributed by atoms with Crippen molar-refractivity contribution in [2.24, 2.45) is 0 Å². The summed E-state index contributed by atoms with van der Waals surface area (Å²) in [4.78, 5) is 26.6. The van der Waals surface area contributed by atoms with Crippen LogP contribution < -0.4 is 0 Å². The Labute approximate surface area is 188 Å². The molecule has 1 fully saturated rings. The average Bonchev–Trinajstić information content (AvgIpc) is 3.25. The Bertz CT molecular complexity index is 1120. The number of hydrogen-bond donors (Lipinski definition) is 0. The van der Waals surface area contributed by atoms with E-state index in [1.807, 2.05) is 44.2 Å². The first-order chi connectivity index (χ1) is 15.1. The molecule has 0 unspecified atom stereocenters. The Balaban J connectivity index is 1.66. The third-order valence-electron chi connectivity index (χ3n) is 5.65. The van der Waals surface area contributed by atoms with Crippen molar-refractivity contribution in [3.63, 3.8) is 0 Å². The summed E-state index contributed by atoms with van der Waals surface area (Å²) in [5.74, 6) is -1.00. The predicted molar refractivity (Wildman–Crippen MR) is 122 cm³/mol. The van der Waals surface area contributed by atoms with Gasteiger partial charge in [0.1, 0.15) is 0 Å². The number of aromatic nitrogens is 2. The van der Waals surface area contributed by atoms with Gasteiger partial charge >= 0.3 is 5.97 Å². The highest BCUT2D eigenvalue weighted by molar-refractivity contribution is 7.91. The van der Waals surface area contributed by atoms with E-state index in [4.69, 9.17) is 4.74 Å². The molecule has 1 saturated heterocycles. The minimum Gasteiger partial charge on any atom is -0.449 e. The van der Waals surface area contributed by atoms with Crippen LogP contribution in [0.2, 0.25) is 0 Å². The van der Waals surface area contributed by atoms with E-state index in [9.17, 15) is 18.0 Å². The van der Waals surface area contributed by atoms with Crippen LogP contribution in [0.1, 0.15) is 37.2 Å². The van der Waals surface area contributed by atoms with Crippen LogP contribution in [0.4, 0.5) is 0 Å². The summed E-state index contributed by atoms with van der Waals surface area (Å²) in [6.45, 7) is 7.42. The molecule has 3 rings (SSSR count). The Morgan fingerprint density at radius 3 is 2.56 bits per heavy atom. The average molecular weight is 460 g/mol. The van der Waals surface area contributed by atoms with Gasteiger partial charge in [0.05, 0.1) is 22.9 Å². The number of para-hydroxylation sites is 1. The molecule has 2 atom stereocenters. The number of rotatable bonds is 7. The molecule has 172 valence electrons. The first-order valence-electron chi connectivity index (χ1n) is 10.6. The molecular weight excluding hydrogens is 430 g/mol. The first kappa shape index (κ1) is 23.7. The zero-order valence-corrected chi connectivity index (χ0v) is 19.6. The van der Waals surface area contributed by atoms with Crippen molar-refractivity contribution in [2.75, 3.05) is 18.1 Å². The maximum Gasteiger partial charge on any atom is 0.331 e. The summed E-state index contributed by atoms with van der Waals surface area (Å²) in [5, 5.41) is 4.54. The van der Waals surface area contributed by atoms with E-state index < -0.39 is 21.9 Å². The van der Waals surface area contributed by atoms with Crippen molar-refractivity contribution >= 4 is 27.8 Å². The Morgan fingerprint density at radius 2 is 1.97 bits per heavy atom. The fourth-order valence-electron chi connectivity index (χ4n) is 3.98. The molecule has 0 aliphatic carbocycles. The quantitative estimate of drug-likeness (QED) is 0.466. The van der Waals surface area contributed by atoms with Crippen LogP contribution in [-0.4, -0.2) is 65.2 Å². The van der Waals surface area contributed by atoms with Gasteiger partial charge in [-0.2, -0.15) is 5.10 Å². The van der Waals surface area contributed by atoms with Crippen molar-refractivity contribution in [3.05, 3.63) is 53.4 Å². The standard InChI is InChI=1S/C23H29N3O5S/c1-5-25(20-13-14-32(29,30)15-20)23(28)18(4)31-22(27)12-11-21-16(2)24-26(17(21)3)19-9-7-6-8-10-19/h6-12,18,20H,5,13-15H2,1-4H3/b12-11+/t18-,20-/m1/s1. The summed E-state index contributed by atoms with van der Waals surface area (Å²) in [7, 11) is -3.12. The Hall–Kier alpha value is -2.94. The normalized spacial score (nSPS) is 18.6. The highest BCUT2D eigenvalue weighted by atomic mass is 32.2. The van der Waals surface area contributed by atoms with Gasteiger partial charge in [-0.3, -0.25) is 4.79 Å². The largest absolute Gasteiger partial charge is 0.449 e. The van der Waals surface area contributed by atoms with Crippen LogP contribution in [0.5, 0.6) is 0 Å². The lowest BCUT2D eigenvalue weighted by Gasteiger charge is -2.29. The minimum atomic E-state index is -3.12. The molecular formula is C23H29N3O5S. The van der Waals surface area contributed by atoms with Gasteiger partial charge in [-0.25, -0.2) is 17.9 Å². The van der Waals surface area contributed by atoms with E-state index >= 15 is 0 Å². The van der Waals surface area contributed by atoms with Crippen LogP contribution in [0.15, 0.2) is 36.4 Å². The van der Waals surface area contributed by atoms with Gasteiger partial charge in [0.2, 0.25) is 0 Å². The van der Waals surface area contributed by atoms with E-state index in [2.05, 4.69) is 5.10 Å². The van der Waals surface area contributed by atoms with Crippen LogP contribution in [0, 0.1) is 13.8 Å². The molecule has 2 heterocycles. The van der Waals surface area contributed by atoms with Crippen molar-refractivity contribution < 1.29 is 22.7 Å². The lowest BCUT2D eigenvalue weighted by atomic mass is 10.2. The van der Waals surface area contributed by atoms with E-state index in [0.717, 1.165) is 22.6 Å². The molecule has 0 N–H and O–H groups in total. The first-order valence-corrected chi connectivity index (χ1v) is 12.5. The molecule has 0 radical (unpaired) electrons. The Kier molecular flexibility index (Phi) is 7.18. The zero-order chi connectivity index (χ0) is 23.5. The molecule has 2 aromatic rings. The number of amides is 1. The van der Waals surface area contributed by atoms with Gasteiger partial charge < -0.3 is 9.64 Å². The van der Waals surface area contributed by atoms with Gasteiger partial charge in [0.25, 0.3) is 5.91 Å². The second-order valence-electron chi connectivity index (χ2n) is 7.93. The number of carbonyl (C=O) groups excluding carboxylic acids is 2. The summed E-state index contributed by atoms with van der Waals surface area (Å²) >= 11 is 0. The number of hydrogen-bond acceptors (Lipinski definition) is 6. The molecule has 0 saturated carbocycles. The molecule has 1 aliphatic rings. The molecule has 9 heteroatoms. The maximum atomic E-state index is 12.8. The lowest BCUT2D eigenvalue weighted by Crippen LogP contribution is -2.46. The maximum absolute atomic E-state index is 12.8. The smallest absolute Gasteiger partial charge is 0.331 e. The van der Waals surface area contributed by atoms with Crippen LogP contribution >= 0.6 is 0 Å². The summed E-state index contributed by atoms with van der Waals surface area (Å²) in [6, 6.07) is 9.31. The van der Waals surface area contributed by atoms with Crippen molar-refractivity contribution in [1.82, 2.24) is 14.7 Å². The van der Waals surface area contributed by atoms with Gasteiger partial charge in [-0.1, -0.05) is 18.2 Å². The number of nitrogens with zero attached hydrogens (tertiary/aromatic N) is 3. The minimum absolute atomic E-state index is 0.0445. The third kappa shape index (κ3) is 5.27. The molecule has 8 nitrogen and oxygen atoms in total. The Morgan fingerprint density at radius 1 is 1.28 bits per heavy atom. The van der Waals surface area contributed by atoms with E-state index in [-0.39, 0.29) is 23.5 Å². The highest BCUT2D eigenvalue weighted by Crippen LogP contribution is 2.20. The third-order valence-corrected chi connectivity index (χ3v) is 7.40. The van der Waals surface area contributed by atoms with E-state index in [1.54, 1.807) is 17.7 Å². The van der Waals surface area contributed by atoms with Gasteiger partial charge in [-0.05, 0) is 52.3 Å². The summed E-state index contributed by atoms with van der Waals surface area (Å²) in [6.07, 6.45) is 2.32. The van der Waals surface area contributed by atoms with Gasteiger partial charge in [-0.15, -0.1) is 0 Å². The molecule has 32 heavy (non-hydrogen) atoms. The molecule has 1 amide bonds. The van der Waals surface area contributed by atoms with Crippen LogP contribution in [-0.2, 0) is 24.2 Å². The molecule has 1 aromatic carbocycles. The number of likely N-dealkylation sites (N-methyl/N-ethyl adjacent to an activating group) is 1. The lowest BCUT2D eigenvalue weighted by molar-refractivity contribution is -0.156. The molecule has 1 aliphatic heterocycles. The number of esters is 1. The molecule has 0 bridgehead atoms. The molecule has 0 spiro atoms. The fraction of sp³-hybridized carbons (Fsp3) is 0.435. The SMILES string of the molecule is CCN(C(=O)[C@@H](C)OC(=O)/C=C/c1c(C)nn(-c2ccccc2)c1C)[C@@H]1CCS(=O)(=O)C1. The number of sulfone groups is 1. The topological polar surface area (TPSA) is 98.6 Å². The van der Waals surface area contributed by atoms with Gasteiger partial charge in [0.15, 0.2) is 15.9 Å². The molecule has 1 aromatic heterocycles. The monoisotopic (exact) mass is 459 g/mol. The van der Waals surface area contributed by atoms with E-state index in [0.29, 0.717) is 13.0 Å². The van der Waals surface area contributed by atoms with Crippen LogP contribution in [0.25, 0.3) is 11.8 Å². The predicted octanol–water partition coefficient (Wildman–Crippen LogP) is 2.47. The van der Waals surface area contributed by atoms with Gasteiger partial charge in [0, 0.05) is 29.9 Å². The van der Waals surface area contributed by atoms with Crippen molar-refractivity contribution in [2.45, 2.75) is 46.3 Å². The van der Waals surface area contributed by atoms with Crippen LogP contribution in [0.3, 0.4) is 0 Å².